The van der Waals surface area contributed by atoms with Gasteiger partial charge in [0.25, 0.3) is 5.91 Å². The van der Waals surface area contributed by atoms with E-state index < -0.39 is 5.82 Å². The highest BCUT2D eigenvalue weighted by Crippen LogP contribution is 2.22. The van der Waals surface area contributed by atoms with Crippen LogP contribution in [0, 0.1) is 5.82 Å². The predicted molar refractivity (Wildman–Crippen MR) is 62.6 cm³/mol. The number of aliphatic hydroxyl groups is 1. The maximum atomic E-state index is 13.3. The molecule has 0 spiro atoms. The number of carbonyl (C=O) groups is 1. The molecule has 17 heavy (non-hydrogen) atoms. The normalized spacial score (nSPS) is 19.7. The van der Waals surface area contributed by atoms with Gasteiger partial charge in [-0.2, -0.15) is 0 Å². The van der Waals surface area contributed by atoms with Gasteiger partial charge in [0.2, 0.25) is 0 Å². The standard InChI is InChI=1S/C12H13ClFNO2/c13-10-4-3-8(6-11(10)14)12(17)15-5-1-2-9(15)7-16/h3-4,6,9,16H,1-2,5,7H2/t9-/m1/s1. The number of halogens is 2. The summed E-state index contributed by atoms with van der Waals surface area (Å²) in [5, 5.41) is 9.14. The third kappa shape index (κ3) is 2.42. The van der Waals surface area contributed by atoms with E-state index >= 15 is 0 Å². The van der Waals surface area contributed by atoms with Gasteiger partial charge < -0.3 is 10.0 Å². The van der Waals surface area contributed by atoms with Gasteiger partial charge in [0.15, 0.2) is 0 Å². The summed E-state index contributed by atoms with van der Waals surface area (Å²) < 4.78 is 13.3. The molecule has 1 aliphatic rings. The summed E-state index contributed by atoms with van der Waals surface area (Å²) >= 11 is 5.56. The molecule has 1 saturated heterocycles. The Kier molecular flexibility index (Phi) is 3.64. The van der Waals surface area contributed by atoms with Gasteiger partial charge in [0.1, 0.15) is 5.82 Å². The highest BCUT2D eigenvalue weighted by Gasteiger charge is 2.28. The van der Waals surface area contributed by atoms with Gasteiger partial charge in [0.05, 0.1) is 17.7 Å². The zero-order valence-electron chi connectivity index (χ0n) is 9.20. The van der Waals surface area contributed by atoms with Crippen LogP contribution in [0.15, 0.2) is 18.2 Å². The van der Waals surface area contributed by atoms with Gasteiger partial charge >= 0.3 is 0 Å². The fourth-order valence-electron chi connectivity index (χ4n) is 2.09. The quantitative estimate of drug-likeness (QED) is 0.881. The summed E-state index contributed by atoms with van der Waals surface area (Å²) in [4.78, 5) is 13.7. The topological polar surface area (TPSA) is 40.5 Å². The molecule has 0 bridgehead atoms. The van der Waals surface area contributed by atoms with E-state index in [0.717, 1.165) is 18.9 Å². The Labute approximate surface area is 104 Å². The molecule has 1 aromatic rings. The predicted octanol–water partition coefficient (Wildman–Crippen LogP) is 2.08. The largest absolute Gasteiger partial charge is 0.394 e. The fraction of sp³-hybridized carbons (Fsp3) is 0.417. The molecule has 0 radical (unpaired) electrons. The van der Waals surface area contributed by atoms with Crippen LogP contribution in [-0.2, 0) is 0 Å². The molecule has 1 amide bonds. The molecule has 1 N–H and O–H groups in total. The van der Waals surface area contributed by atoms with Crippen LogP contribution in [0.5, 0.6) is 0 Å². The maximum Gasteiger partial charge on any atom is 0.254 e. The molecule has 1 aliphatic heterocycles. The molecule has 92 valence electrons. The number of hydrogen-bond donors (Lipinski definition) is 1. The van der Waals surface area contributed by atoms with Crippen LogP contribution in [0.4, 0.5) is 4.39 Å². The molecule has 0 unspecified atom stereocenters. The first-order valence-electron chi connectivity index (χ1n) is 5.50. The molecule has 0 aromatic heterocycles. The zero-order chi connectivity index (χ0) is 12.4. The SMILES string of the molecule is O=C(c1ccc(Cl)c(F)c1)N1CCC[C@@H]1CO. The van der Waals surface area contributed by atoms with Gasteiger partial charge in [-0.3, -0.25) is 4.79 Å². The molecule has 0 aliphatic carbocycles. The second kappa shape index (κ2) is 5.02. The first-order valence-corrected chi connectivity index (χ1v) is 5.88. The minimum Gasteiger partial charge on any atom is -0.394 e. The Hall–Kier alpha value is -1.13. The monoisotopic (exact) mass is 257 g/mol. The van der Waals surface area contributed by atoms with Crippen molar-refractivity contribution in [2.45, 2.75) is 18.9 Å². The highest BCUT2D eigenvalue weighted by atomic mass is 35.5. The van der Waals surface area contributed by atoms with E-state index in [1.165, 1.54) is 12.1 Å². The number of benzene rings is 1. The number of amides is 1. The summed E-state index contributed by atoms with van der Waals surface area (Å²) in [5.74, 6) is -0.852. The Morgan fingerprint density at radius 2 is 2.35 bits per heavy atom. The van der Waals surface area contributed by atoms with E-state index in [4.69, 9.17) is 16.7 Å². The van der Waals surface area contributed by atoms with E-state index in [2.05, 4.69) is 0 Å². The van der Waals surface area contributed by atoms with Gasteiger partial charge in [-0.15, -0.1) is 0 Å². The van der Waals surface area contributed by atoms with Crippen LogP contribution < -0.4 is 0 Å². The van der Waals surface area contributed by atoms with E-state index in [1.54, 1.807) is 4.90 Å². The van der Waals surface area contributed by atoms with Crippen LogP contribution in [-0.4, -0.2) is 35.1 Å². The summed E-state index contributed by atoms with van der Waals surface area (Å²) in [7, 11) is 0. The highest BCUT2D eigenvalue weighted by molar-refractivity contribution is 6.30. The number of hydrogen-bond acceptors (Lipinski definition) is 2. The minimum atomic E-state index is -0.600. The molecule has 5 heteroatoms. The van der Waals surface area contributed by atoms with Crippen molar-refractivity contribution in [3.63, 3.8) is 0 Å². The molecule has 3 nitrogen and oxygen atoms in total. The van der Waals surface area contributed by atoms with E-state index in [9.17, 15) is 9.18 Å². The second-order valence-electron chi connectivity index (χ2n) is 4.11. The molecule has 1 aromatic carbocycles. The van der Waals surface area contributed by atoms with Crippen molar-refractivity contribution in [2.24, 2.45) is 0 Å². The lowest BCUT2D eigenvalue weighted by Gasteiger charge is -2.23. The van der Waals surface area contributed by atoms with Crippen molar-refractivity contribution in [1.82, 2.24) is 4.90 Å². The lowest BCUT2D eigenvalue weighted by atomic mass is 10.1. The summed E-state index contributed by atoms with van der Waals surface area (Å²) in [6.45, 7) is 0.552. The molecule has 1 atom stereocenters. The molecule has 1 heterocycles. The van der Waals surface area contributed by atoms with Gasteiger partial charge in [-0.1, -0.05) is 11.6 Å². The molecular formula is C12H13ClFNO2. The third-order valence-corrected chi connectivity index (χ3v) is 3.32. The summed E-state index contributed by atoms with van der Waals surface area (Å²) in [6.07, 6.45) is 1.66. The van der Waals surface area contributed by atoms with Crippen molar-refractivity contribution < 1.29 is 14.3 Å². The smallest absolute Gasteiger partial charge is 0.254 e. The number of likely N-dealkylation sites (tertiary alicyclic amines) is 1. The van der Waals surface area contributed by atoms with Crippen LogP contribution in [0.25, 0.3) is 0 Å². The lowest BCUT2D eigenvalue weighted by molar-refractivity contribution is 0.0677. The zero-order valence-corrected chi connectivity index (χ0v) is 9.95. The summed E-state index contributed by atoms with van der Waals surface area (Å²) in [5.41, 5.74) is 0.271. The summed E-state index contributed by atoms with van der Waals surface area (Å²) in [6, 6.07) is 3.85. The molecule has 0 saturated carbocycles. The Morgan fingerprint density at radius 1 is 1.59 bits per heavy atom. The fourth-order valence-corrected chi connectivity index (χ4v) is 2.21. The number of nitrogens with zero attached hydrogens (tertiary/aromatic N) is 1. The minimum absolute atomic E-state index is 0.00156. The molecule has 1 fully saturated rings. The van der Waals surface area contributed by atoms with Gasteiger partial charge in [0, 0.05) is 12.1 Å². The average Bonchev–Trinajstić information content (AvgIpc) is 2.80. The van der Waals surface area contributed by atoms with Crippen molar-refractivity contribution >= 4 is 17.5 Å². The Balaban J connectivity index is 2.21. The van der Waals surface area contributed by atoms with E-state index in [-0.39, 0.29) is 29.1 Å². The number of aliphatic hydroxyl groups excluding tert-OH is 1. The first-order chi connectivity index (χ1) is 8.13. The van der Waals surface area contributed by atoms with Crippen molar-refractivity contribution in [2.75, 3.05) is 13.2 Å². The van der Waals surface area contributed by atoms with Crippen molar-refractivity contribution in [1.29, 1.82) is 0 Å². The van der Waals surface area contributed by atoms with Gasteiger partial charge in [-0.05, 0) is 31.0 Å². The van der Waals surface area contributed by atoms with E-state index in [0.29, 0.717) is 6.54 Å². The van der Waals surface area contributed by atoms with Gasteiger partial charge in [-0.25, -0.2) is 4.39 Å². The number of rotatable bonds is 2. The van der Waals surface area contributed by atoms with Crippen LogP contribution in [0.2, 0.25) is 5.02 Å². The third-order valence-electron chi connectivity index (χ3n) is 3.02. The number of carbonyl (C=O) groups excluding carboxylic acids is 1. The van der Waals surface area contributed by atoms with Crippen molar-refractivity contribution in [3.8, 4) is 0 Å². The Bertz CT molecular complexity index is 439. The van der Waals surface area contributed by atoms with Crippen LogP contribution in [0.1, 0.15) is 23.2 Å². The average molecular weight is 258 g/mol. The first kappa shape index (κ1) is 12.3. The molecular weight excluding hydrogens is 245 g/mol. The maximum absolute atomic E-state index is 13.3. The van der Waals surface area contributed by atoms with Crippen molar-refractivity contribution in [3.05, 3.63) is 34.6 Å². The van der Waals surface area contributed by atoms with Crippen LogP contribution in [0.3, 0.4) is 0 Å². The molecule has 2 rings (SSSR count). The second-order valence-corrected chi connectivity index (χ2v) is 4.51. The Morgan fingerprint density at radius 3 is 3.00 bits per heavy atom. The van der Waals surface area contributed by atoms with E-state index in [1.807, 2.05) is 0 Å². The lowest BCUT2D eigenvalue weighted by Crippen LogP contribution is -2.37. The van der Waals surface area contributed by atoms with Crippen LogP contribution >= 0.6 is 11.6 Å².